The number of halogens is 3. The Bertz CT molecular complexity index is 655. The molecule has 0 aromatic heterocycles. The summed E-state index contributed by atoms with van der Waals surface area (Å²) < 4.78 is 26.0. The van der Waals surface area contributed by atoms with Crippen LogP contribution in [0, 0.1) is 3.57 Å². The molecule has 2 aromatic rings. The van der Waals surface area contributed by atoms with Crippen LogP contribution >= 0.6 is 34.4 Å². The Labute approximate surface area is 145 Å². The molecular weight excluding hydrogens is 421 g/mol. The Hall–Kier alpha value is -1.35. The maximum Gasteiger partial charge on any atom is 0.288 e. The van der Waals surface area contributed by atoms with Crippen molar-refractivity contribution in [3.63, 3.8) is 0 Å². The minimum absolute atomic E-state index is 0.0633. The van der Waals surface area contributed by atoms with E-state index in [2.05, 4.69) is 33.2 Å². The smallest absolute Gasteiger partial charge is 0.288 e. The van der Waals surface area contributed by atoms with Crippen molar-refractivity contribution < 1.29 is 13.6 Å². The summed E-state index contributed by atoms with van der Waals surface area (Å²) in [5.41, 5.74) is 1.22. The summed E-state index contributed by atoms with van der Waals surface area (Å²) in [5.74, 6) is -2.82. The summed E-state index contributed by atoms with van der Waals surface area (Å²) in [5, 5.41) is 5.64. The van der Waals surface area contributed by atoms with Gasteiger partial charge in [0.1, 0.15) is 0 Å². The van der Waals surface area contributed by atoms with Gasteiger partial charge in [0.25, 0.3) is 5.76 Å². The third-order valence-corrected chi connectivity index (χ3v) is 4.11. The summed E-state index contributed by atoms with van der Waals surface area (Å²) in [4.78, 5) is 12.3. The van der Waals surface area contributed by atoms with Gasteiger partial charge in [-0.15, -0.1) is 0 Å². The quantitative estimate of drug-likeness (QED) is 0.514. The van der Waals surface area contributed by atoms with E-state index in [1.165, 1.54) is 0 Å². The topological polar surface area (TPSA) is 41.1 Å². The molecule has 3 nitrogen and oxygen atoms in total. The third-order valence-electron chi connectivity index (χ3n) is 2.65. The standard InChI is InChI=1S/C15H13F2IN2OS/c16-15(17)22-13-7-2-1-6-12(13)20-14(21)9-19-11-5-3-4-10(18)8-11/h1-8,15,19H,9H2,(H,20,21). The molecule has 116 valence electrons. The second-order valence-corrected chi connectivity index (χ2v) is 6.56. The lowest BCUT2D eigenvalue weighted by molar-refractivity contribution is -0.114. The van der Waals surface area contributed by atoms with Crippen molar-refractivity contribution in [3.05, 3.63) is 52.1 Å². The van der Waals surface area contributed by atoms with Gasteiger partial charge in [0.05, 0.1) is 12.2 Å². The molecule has 2 rings (SSSR count). The van der Waals surface area contributed by atoms with Crippen LogP contribution in [0.5, 0.6) is 0 Å². The Morgan fingerprint density at radius 3 is 2.68 bits per heavy atom. The molecule has 0 bridgehead atoms. The number of carbonyl (C=O) groups excluding carboxylic acids is 1. The first-order valence-corrected chi connectivity index (χ1v) is 8.33. The fraction of sp³-hybridized carbons (Fsp3) is 0.133. The maximum absolute atomic E-state index is 12.5. The van der Waals surface area contributed by atoms with Crippen LogP contribution in [0.2, 0.25) is 0 Å². The first kappa shape index (κ1) is 17.0. The molecule has 7 heteroatoms. The van der Waals surface area contributed by atoms with Crippen molar-refractivity contribution in [1.82, 2.24) is 0 Å². The highest BCUT2D eigenvalue weighted by molar-refractivity contribution is 14.1. The van der Waals surface area contributed by atoms with Gasteiger partial charge in [-0.1, -0.05) is 30.0 Å². The number of anilines is 2. The molecule has 1 amide bonds. The highest BCUT2D eigenvalue weighted by Crippen LogP contribution is 2.31. The van der Waals surface area contributed by atoms with Crippen LogP contribution in [0.25, 0.3) is 0 Å². The number of amides is 1. The minimum atomic E-state index is -2.53. The molecule has 0 unspecified atom stereocenters. The zero-order valence-electron chi connectivity index (χ0n) is 11.4. The summed E-state index contributed by atoms with van der Waals surface area (Å²) >= 11 is 2.60. The number of rotatable bonds is 6. The second kappa shape index (κ2) is 8.33. The fourth-order valence-electron chi connectivity index (χ4n) is 1.74. The van der Waals surface area contributed by atoms with Crippen molar-refractivity contribution in [2.45, 2.75) is 10.7 Å². The van der Waals surface area contributed by atoms with Crippen molar-refractivity contribution in [1.29, 1.82) is 0 Å². The molecule has 2 N–H and O–H groups in total. The molecule has 0 spiro atoms. The molecule has 0 saturated carbocycles. The average molecular weight is 434 g/mol. The van der Waals surface area contributed by atoms with E-state index in [4.69, 9.17) is 0 Å². The van der Waals surface area contributed by atoms with Crippen LogP contribution in [-0.4, -0.2) is 18.2 Å². The van der Waals surface area contributed by atoms with Crippen LogP contribution < -0.4 is 10.6 Å². The van der Waals surface area contributed by atoms with E-state index >= 15 is 0 Å². The van der Waals surface area contributed by atoms with Gasteiger partial charge in [-0.25, -0.2) is 0 Å². The lowest BCUT2D eigenvalue weighted by Crippen LogP contribution is -2.22. The number of thioether (sulfide) groups is 1. The van der Waals surface area contributed by atoms with Gasteiger partial charge in [-0.2, -0.15) is 8.78 Å². The molecule has 0 radical (unpaired) electrons. The molecule has 2 aromatic carbocycles. The Morgan fingerprint density at radius 2 is 1.95 bits per heavy atom. The van der Waals surface area contributed by atoms with Gasteiger partial charge in [-0.05, 0) is 52.9 Å². The van der Waals surface area contributed by atoms with Gasteiger partial charge in [0, 0.05) is 14.2 Å². The zero-order chi connectivity index (χ0) is 15.9. The van der Waals surface area contributed by atoms with Gasteiger partial charge in [-0.3, -0.25) is 4.79 Å². The number of benzene rings is 2. The molecule has 0 aliphatic carbocycles. The lowest BCUT2D eigenvalue weighted by atomic mass is 10.3. The van der Waals surface area contributed by atoms with Crippen LogP contribution in [0.15, 0.2) is 53.4 Å². The van der Waals surface area contributed by atoms with Gasteiger partial charge >= 0.3 is 0 Å². The van der Waals surface area contributed by atoms with Crippen molar-refractivity contribution in [3.8, 4) is 0 Å². The highest BCUT2D eigenvalue weighted by Gasteiger charge is 2.11. The monoisotopic (exact) mass is 434 g/mol. The maximum atomic E-state index is 12.5. The largest absolute Gasteiger partial charge is 0.376 e. The average Bonchev–Trinajstić information content (AvgIpc) is 2.47. The van der Waals surface area contributed by atoms with Crippen LogP contribution in [0.1, 0.15) is 0 Å². The summed E-state index contributed by atoms with van der Waals surface area (Å²) in [6, 6.07) is 14.1. The fourth-order valence-corrected chi connectivity index (χ4v) is 2.88. The van der Waals surface area contributed by atoms with Crippen molar-refractivity contribution in [2.24, 2.45) is 0 Å². The van der Waals surface area contributed by atoms with Crippen LogP contribution in [-0.2, 0) is 4.79 Å². The van der Waals surface area contributed by atoms with Crippen molar-refractivity contribution in [2.75, 3.05) is 17.2 Å². The summed E-state index contributed by atoms with van der Waals surface area (Å²) in [6.45, 7) is 0.0633. The molecule has 0 aliphatic rings. The molecule has 0 atom stereocenters. The van der Waals surface area contributed by atoms with E-state index < -0.39 is 5.76 Å². The predicted molar refractivity (Wildman–Crippen MR) is 94.6 cm³/mol. The summed E-state index contributed by atoms with van der Waals surface area (Å²) in [7, 11) is 0. The Kier molecular flexibility index (Phi) is 6.44. The van der Waals surface area contributed by atoms with E-state index in [0.29, 0.717) is 22.3 Å². The van der Waals surface area contributed by atoms with Gasteiger partial charge < -0.3 is 10.6 Å². The van der Waals surface area contributed by atoms with Gasteiger partial charge in [0.15, 0.2) is 0 Å². The molecule has 0 heterocycles. The molecular formula is C15H13F2IN2OS. The minimum Gasteiger partial charge on any atom is -0.376 e. The van der Waals surface area contributed by atoms with E-state index in [-0.39, 0.29) is 12.5 Å². The molecule has 22 heavy (non-hydrogen) atoms. The summed E-state index contributed by atoms with van der Waals surface area (Å²) in [6.07, 6.45) is 0. The number of alkyl halides is 2. The SMILES string of the molecule is O=C(CNc1cccc(I)c1)Nc1ccccc1SC(F)F. The number of para-hydroxylation sites is 1. The van der Waals surface area contributed by atoms with E-state index in [1.54, 1.807) is 24.3 Å². The number of nitrogens with one attached hydrogen (secondary N) is 2. The Balaban J connectivity index is 1.95. The second-order valence-electron chi connectivity index (χ2n) is 4.29. The normalized spacial score (nSPS) is 10.5. The van der Waals surface area contributed by atoms with E-state index in [1.807, 2.05) is 24.3 Å². The number of hydrogen-bond donors (Lipinski definition) is 2. The van der Waals surface area contributed by atoms with Crippen LogP contribution in [0.3, 0.4) is 0 Å². The predicted octanol–water partition coefficient (Wildman–Crippen LogP) is 4.66. The van der Waals surface area contributed by atoms with Crippen molar-refractivity contribution >= 4 is 51.6 Å². The number of hydrogen-bond acceptors (Lipinski definition) is 3. The third kappa shape index (κ3) is 5.45. The first-order chi connectivity index (χ1) is 10.5. The van der Waals surface area contributed by atoms with Crippen LogP contribution in [0.4, 0.5) is 20.2 Å². The van der Waals surface area contributed by atoms with E-state index in [0.717, 1.165) is 9.26 Å². The lowest BCUT2D eigenvalue weighted by Gasteiger charge is -2.11. The first-order valence-electron chi connectivity index (χ1n) is 6.38. The molecule has 0 aliphatic heterocycles. The molecule has 0 fully saturated rings. The number of carbonyl (C=O) groups is 1. The Morgan fingerprint density at radius 1 is 1.18 bits per heavy atom. The van der Waals surface area contributed by atoms with Gasteiger partial charge in [0.2, 0.25) is 5.91 Å². The zero-order valence-corrected chi connectivity index (χ0v) is 14.3. The highest BCUT2D eigenvalue weighted by atomic mass is 127. The van der Waals surface area contributed by atoms with E-state index in [9.17, 15) is 13.6 Å². The molecule has 0 saturated heterocycles.